The molecule has 2 aromatic carbocycles. The van der Waals surface area contributed by atoms with Crippen LogP contribution in [0.25, 0.3) is 10.8 Å². The van der Waals surface area contributed by atoms with Crippen molar-refractivity contribution in [3.05, 3.63) is 47.5 Å². The molecule has 1 saturated heterocycles. The standard InChI is InChI=1S/C21H28N2.2ClH/c1-16-10-11-20(19-9-5-4-8-18(16)19)21(17-6-2-3-7-17)23-14-12-22-13-15-23;;/h4-5,8-11,17,21-22H,2-3,6-7,12-15H2,1H3;2*1H/t21-;;/m1../s1. The molecule has 1 saturated carbocycles. The lowest BCUT2D eigenvalue weighted by Crippen LogP contribution is -2.46. The summed E-state index contributed by atoms with van der Waals surface area (Å²) in [7, 11) is 0. The van der Waals surface area contributed by atoms with E-state index in [1.54, 1.807) is 5.56 Å². The number of fused-ring (bicyclic) bond motifs is 1. The third-order valence-electron chi connectivity index (χ3n) is 5.89. The summed E-state index contributed by atoms with van der Waals surface area (Å²) in [6.07, 6.45) is 5.63. The maximum Gasteiger partial charge on any atom is 0.0383 e. The molecule has 1 aliphatic heterocycles. The van der Waals surface area contributed by atoms with E-state index in [9.17, 15) is 0 Å². The maximum atomic E-state index is 3.52. The van der Waals surface area contributed by atoms with Gasteiger partial charge in [-0.15, -0.1) is 24.8 Å². The number of rotatable bonds is 3. The van der Waals surface area contributed by atoms with Gasteiger partial charge in [0.25, 0.3) is 0 Å². The highest BCUT2D eigenvalue weighted by molar-refractivity contribution is 5.89. The zero-order valence-electron chi connectivity index (χ0n) is 15.0. The number of halogens is 2. The van der Waals surface area contributed by atoms with Crippen molar-refractivity contribution in [1.82, 2.24) is 10.2 Å². The molecule has 0 amide bonds. The first-order valence-corrected chi connectivity index (χ1v) is 9.27. The lowest BCUT2D eigenvalue weighted by atomic mass is 9.86. The molecule has 138 valence electrons. The average molecular weight is 381 g/mol. The lowest BCUT2D eigenvalue weighted by molar-refractivity contribution is 0.126. The molecule has 0 unspecified atom stereocenters. The summed E-state index contributed by atoms with van der Waals surface area (Å²) in [5.74, 6) is 0.833. The summed E-state index contributed by atoms with van der Waals surface area (Å²) in [6.45, 7) is 6.87. The second-order valence-electron chi connectivity index (χ2n) is 7.29. The largest absolute Gasteiger partial charge is 0.314 e. The summed E-state index contributed by atoms with van der Waals surface area (Å²) in [6, 6.07) is 14.4. The third kappa shape index (κ3) is 4.14. The predicted molar refractivity (Wildman–Crippen MR) is 112 cm³/mol. The number of aryl methyl sites for hydroxylation is 1. The first-order valence-electron chi connectivity index (χ1n) is 9.27. The average Bonchev–Trinajstić information content (AvgIpc) is 3.13. The van der Waals surface area contributed by atoms with Gasteiger partial charge in [-0.05, 0) is 47.6 Å². The molecule has 1 atom stereocenters. The van der Waals surface area contributed by atoms with Crippen LogP contribution in [0.1, 0.15) is 42.9 Å². The molecule has 4 rings (SSSR count). The van der Waals surface area contributed by atoms with Crippen LogP contribution in [0.2, 0.25) is 0 Å². The van der Waals surface area contributed by atoms with E-state index in [1.165, 1.54) is 55.1 Å². The summed E-state index contributed by atoms with van der Waals surface area (Å²) in [4.78, 5) is 2.75. The van der Waals surface area contributed by atoms with Crippen molar-refractivity contribution in [3.63, 3.8) is 0 Å². The van der Waals surface area contributed by atoms with Gasteiger partial charge in [0, 0.05) is 32.2 Å². The molecular weight excluding hydrogens is 351 g/mol. The third-order valence-corrected chi connectivity index (χ3v) is 5.89. The predicted octanol–water partition coefficient (Wildman–Crippen LogP) is 5.13. The molecule has 2 aromatic rings. The minimum absolute atomic E-state index is 0. The molecule has 1 N–H and O–H groups in total. The van der Waals surface area contributed by atoms with Crippen LogP contribution >= 0.6 is 24.8 Å². The van der Waals surface area contributed by atoms with Crippen LogP contribution in [0.15, 0.2) is 36.4 Å². The quantitative estimate of drug-likeness (QED) is 0.793. The van der Waals surface area contributed by atoms with Crippen LogP contribution in [-0.4, -0.2) is 31.1 Å². The van der Waals surface area contributed by atoms with Gasteiger partial charge in [-0.25, -0.2) is 0 Å². The Hall–Kier alpha value is -0.800. The van der Waals surface area contributed by atoms with Gasteiger partial charge < -0.3 is 5.32 Å². The van der Waals surface area contributed by atoms with E-state index in [0.29, 0.717) is 6.04 Å². The molecule has 2 aliphatic rings. The number of nitrogens with one attached hydrogen (secondary N) is 1. The van der Waals surface area contributed by atoms with Gasteiger partial charge in [0.1, 0.15) is 0 Å². The molecule has 1 heterocycles. The molecule has 0 spiro atoms. The van der Waals surface area contributed by atoms with E-state index in [1.807, 2.05) is 0 Å². The minimum Gasteiger partial charge on any atom is -0.314 e. The zero-order valence-corrected chi connectivity index (χ0v) is 16.7. The van der Waals surface area contributed by atoms with Crippen LogP contribution in [0.4, 0.5) is 0 Å². The summed E-state index contributed by atoms with van der Waals surface area (Å²) in [5.41, 5.74) is 2.97. The van der Waals surface area contributed by atoms with Gasteiger partial charge in [-0.2, -0.15) is 0 Å². The molecular formula is C21H30Cl2N2. The van der Waals surface area contributed by atoms with Crippen LogP contribution in [-0.2, 0) is 0 Å². The Morgan fingerprint density at radius 2 is 1.56 bits per heavy atom. The van der Waals surface area contributed by atoms with Crippen molar-refractivity contribution in [1.29, 1.82) is 0 Å². The summed E-state index contributed by atoms with van der Waals surface area (Å²) < 4.78 is 0. The number of nitrogens with zero attached hydrogens (tertiary/aromatic N) is 1. The van der Waals surface area contributed by atoms with E-state index in [-0.39, 0.29) is 24.8 Å². The topological polar surface area (TPSA) is 15.3 Å². The first-order chi connectivity index (χ1) is 11.3. The fourth-order valence-corrected chi connectivity index (χ4v) is 4.71. The minimum atomic E-state index is 0. The van der Waals surface area contributed by atoms with Crippen molar-refractivity contribution < 1.29 is 0 Å². The molecule has 2 fully saturated rings. The Labute approximate surface area is 164 Å². The molecule has 1 aliphatic carbocycles. The fraction of sp³-hybridized carbons (Fsp3) is 0.524. The van der Waals surface area contributed by atoms with Gasteiger partial charge in [-0.3, -0.25) is 4.90 Å². The highest BCUT2D eigenvalue weighted by atomic mass is 35.5. The normalized spacial score (nSPS) is 20.0. The fourth-order valence-electron chi connectivity index (χ4n) is 4.71. The van der Waals surface area contributed by atoms with Gasteiger partial charge >= 0.3 is 0 Å². The monoisotopic (exact) mass is 380 g/mol. The van der Waals surface area contributed by atoms with Crippen LogP contribution < -0.4 is 5.32 Å². The molecule has 25 heavy (non-hydrogen) atoms. The van der Waals surface area contributed by atoms with Crippen LogP contribution in [0.5, 0.6) is 0 Å². The van der Waals surface area contributed by atoms with Gasteiger partial charge in [0.15, 0.2) is 0 Å². The molecule has 2 nitrogen and oxygen atoms in total. The van der Waals surface area contributed by atoms with Crippen molar-refractivity contribution in [2.75, 3.05) is 26.2 Å². The maximum absolute atomic E-state index is 3.52. The Morgan fingerprint density at radius 1 is 0.920 bits per heavy atom. The Balaban J connectivity index is 0.00000113. The summed E-state index contributed by atoms with van der Waals surface area (Å²) in [5, 5.41) is 6.42. The van der Waals surface area contributed by atoms with Crippen LogP contribution in [0.3, 0.4) is 0 Å². The Kier molecular flexibility index (Phi) is 7.57. The smallest absolute Gasteiger partial charge is 0.0383 e. The van der Waals surface area contributed by atoms with E-state index in [0.717, 1.165) is 19.0 Å². The number of benzene rings is 2. The first kappa shape index (κ1) is 20.5. The molecule has 0 aromatic heterocycles. The van der Waals surface area contributed by atoms with E-state index >= 15 is 0 Å². The second-order valence-corrected chi connectivity index (χ2v) is 7.29. The van der Waals surface area contributed by atoms with Crippen molar-refractivity contribution in [2.24, 2.45) is 5.92 Å². The number of piperazine rings is 1. The highest BCUT2D eigenvalue weighted by Gasteiger charge is 2.32. The SMILES string of the molecule is Cc1ccc([C@@H](C2CCCC2)N2CCNCC2)c2ccccc12.Cl.Cl. The summed E-state index contributed by atoms with van der Waals surface area (Å²) >= 11 is 0. The zero-order chi connectivity index (χ0) is 15.6. The van der Waals surface area contributed by atoms with Gasteiger partial charge in [-0.1, -0.05) is 49.2 Å². The number of hydrogen-bond acceptors (Lipinski definition) is 2. The Bertz CT molecular complexity index is 677. The van der Waals surface area contributed by atoms with Crippen molar-refractivity contribution in [3.8, 4) is 0 Å². The van der Waals surface area contributed by atoms with Crippen LogP contribution in [0, 0.1) is 12.8 Å². The Morgan fingerprint density at radius 3 is 2.24 bits per heavy atom. The molecule has 4 heteroatoms. The second kappa shape index (κ2) is 9.23. The highest BCUT2D eigenvalue weighted by Crippen LogP contribution is 2.42. The lowest BCUT2D eigenvalue weighted by Gasteiger charge is -2.39. The van der Waals surface area contributed by atoms with E-state index in [4.69, 9.17) is 0 Å². The van der Waals surface area contributed by atoms with Crippen molar-refractivity contribution in [2.45, 2.75) is 38.6 Å². The van der Waals surface area contributed by atoms with Crippen molar-refractivity contribution >= 4 is 35.6 Å². The molecule has 0 bridgehead atoms. The van der Waals surface area contributed by atoms with E-state index < -0.39 is 0 Å². The molecule has 0 radical (unpaired) electrons. The van der Waals surface area contributed by atoms with Gasteiger partial charge in [0.2, 0.25) is 0 Å². The van der Waals surface area contributed by atoms with Gasteiger partial charge in [0.05, 0.1) is 0 Å². The number of hydrogen-bond donors (Lipinski definition) is 1. The van der Waals surface area contributed by atoms with E-state index in [2.05, 4.69) is 53.5 Å².